The number of rotatable bonds is 7. The number of hydrogen-bond acceptors (Lipinski definition) is 5. The van der Waals surface area contributed by atoms with Crippen LogP contribution in [0.25, 0.3) is 0 Å². The molecule has 4 nitrogen and oxygen atoms in total. The van der Waals surface area contributed by atoms with Crippen molar-refractivity contribution in [2.24, 2.45) is 0 Å². The summed E-state index contributed by atoms with van der Waals surface area (Å²) in [6, 6.07) is 3.81. The van der Waals surface area contributed by atoms with Crippen LogP contribution in [-0.2, 0) is 11.2 Å². The van der Waals surface area contributed by atoms with Crippen molar-refractivity contribution < 1.29 is 4.79 Å². The molecule has 0 radical (unpaired) electrons. The van der Waals surface area contributed by atoms with Crippen LogP contribution in [0.3, 0.4) is 0 Å². The minimum Gasteiger partial charge on any atom is -0.355 e. The Morgan fingerprint density at radius 3 is 2.90 bits per heavy atom. The van der Waals surface area contributed by atoms with Crippen molar-refractivity contribution in [2.45, 2.75) is 24.7 Å². The minimum absolute atomic E-state index is 0.0714. The second-order valence-electron chi connectivity index (χ2n) is 4.31. The van der Waals surface area contributed by atoms with Gasteiger partial charge in [-0.3, -0.25) is 9.78 Å². The number of carbonyl (C=O) groups is 1. The molecule has 1 N–H and O–H groups in total. The van der Waals surface area contributed by atoms with Gasteiger partial charge in [-0.15, -0.1) is 23.1 Å². The number of thiazole rings is 1. The van der Waals surface area contributed by atoms with Crippen molar-refractivity contribution in [1.82, 2.24) is 15.3 Å². The topological polar surface area (TPSA) is 54.9 Å². The molecule has 0 saturated carbocycles. The highest BCUT2D eigenvalue weighted by Crippen LogP contribution is 2.15. The van der Waals surface area contributed by atoms with Gasteiger partial charge in [0.1, 0.15) is 0 Å². The zero-order valence-corrected chi connectivity index (χ0v) is 13.0. The second kappa shape index (κ2) is 8.01. The molecule has 0 aliphatic heterocycles. The molecule has 0 spiro atoms. The molecular formula is C14H17N3OS2. The van der Waals surface area contributed by atoms with Crippen LogP contribution in [-0.4, -0.2) is 28.2 Å². The van der Waals surface area contributed by atoms with Crippen LogP contribution in [0.2, 0.25) is 0 Å². The Labute approximate surface area is 127 Å². The van der Waals surface area contributed by atoms with Crippen LogP contribution >= 0.6 is 23.1 Å². The number of thioether (sulfide) groups is 1. The third-order valence-electron chi connectivity index (χ3n) is 2.58. The molecule has 0 aliphatic carbocycles. The third-order valence-corrected chi connectivity index (χ3v) is 4.61. The van der Waals surface area contributed by atoms with E-state index in [-0.39, 0.29) is 5.91 Å². The molecule has 2 heterocycles. The first-order valence-electron chi connectivity index (χ1n) is 6.44. The van der Waals surface area contributed by atoms with Crippen LogP contribution in [0.5, 0.6) is 0 Å². The summed E-state index contributed by atoms with van der Waals surface area (Å²) in [6.07, 6.45) is 5.32. The lowest BCUT2D eigenvalue weighted by molar-refractivity contribution is -0.118. The Kier molecular flexibility index (Phi) is 6.01. The van der Waals surface area contributed by atoms with E-state index in [0.29, 0.717) is 12.3 Å². The number of aromatic nitrogens is 2. The maximum atomic E-state index is 11.7. The monoisotopic (exact) mass is 307 g/mol. The van der Waals surface area contributed by atoms with E-state index in [9.17, 15) is 4.79 Å². The van der Waals surface area contributed by atoms with Crippen LogP contribution in [0.4, 0.5) is 0 Å². The largest absolute Gasteiger partial charge is 0.355 e. The van der Waals surface area contributed by atoms with E-state index in [1.54, 1.807) is 23.7 Å². The van der Waals surface area contributed by atoms with Crippen molar-refractivity contribution >= 4 is 29.0 Å². The molecule has 2 rings (SSSR count). The SMILES string of the molecule is Cc1csc(CCCNC(=O)CSc2ccncc2)n1. The van der Waals surface area contributed by atoms with Gasteiger partial charge in [-0.25, -0.2) is 4.98 Å². The van der Waals surface area contributed by atoms with E-state index in [2.05, 4.69) is 20.7 Å². The highest BCUT2D eigenvalue weighted by atomic mass is 32.2. The van der Waals surface area contributed by atoms with Crippen LogP contribution in [0.1, 0.15) is 17.1 Å². The van der Waals surface area contributed by atoms with Gasteiger partial charge in [0.2, 0.25) is 5.91 Å². The van der Waals surface area contributed by atoms with Crippen molar-refractivity contribution in [2.75, 3.05) is 12.3 Å². The summed E-state index contributed by atoms with van der Waals surface area (Å²) in [6.45, 7) is 2.70. The standard InChI is InChI=1S/C14H17N3OS2/c1-11-9-20-14(17-11)3-2-6-16-13(18)10-19-12-4-7-15-8-5-12/h4-5,7-9H,2-3,6,10H2,1H3,(H,16,18). The van der Waals surface area contributed by atoms with Gasteiger partial charge >= 0.3 is 0 Å². The van der Waals surface area contributed by atoms with Crippen LogP contribution in [0.15, 0.2) is 34.8 Å². The van der Waals surface area contributed by atoms with E-state index in [0.717, 1.165) is 28.4 Å². The summed E-state index contributed by atoms with van der Waals surface area (Å²) in [7, 11) is 0. The fourth-order valence-electron chi connectivity index (χ4n) is 1.62. The Bertz CT molecular complexity index is 542. The first kappa shape index (κ1) is 15.0. The molecule has 0 saturated heterocycles. The van der Waals surface area contributed by atoms with Crippen LogP contribution in [0, 0.1) is 6.92 Å². The van der Waals surface area contributed by atoms with Crippen molar-refractivity contribution in [3.8, 4) is 0 Å². The van der Waals surface area contributed by atoms with E-state index in [1.807, 2.05) is 19.1 Å². The molecule has 0 aromatic carbocycles. The Hall–Kier alpha value is -1.40. The number of carbonyl (C=O) groups excluding carboxylic acids is 1. The Morgan fingerprint density at radius 1 is 1.40 bits per heavy atom. The number of nitrogens with zero attached hydrogens (tertiary/aromatic N) is 2. The van der Waals surface area contributed by atoms with Crippen molar-refractivity contribution in [3.05, 3.63) is 40.6 Å². The summed E-state index contributed by atoms with van der Waals surface area (Å²) in [5, 5.41) is 6.13. The van der Waals surface area contributed by atoms with Gasteiger partial charge in [-0.05, 0) is 25.5 Å². The fourth-order valence-corrected chi connectivity index (χ4v) is 3.15. The van der Waals surface area contributed by atoms with Crippen molar-refractivity contribution in [1.29, 1.82) is 0 Å². The summed E-state index contributed by atoms with van der Waals surface area (Å²) >= 11 is 3.21. The first-order valence-corrected chi connectivity index (χ1v) is 8.31. The Balaban J connectivity index is 1.58. The lowest BCUT2D eigenvalue weighted by Crippen LogP contribution is -2.26. The average molecular weight is 307 g/mol. The van der Waals surface area contributed by atoms with Gasteiger partial charge in [0.15, 0.2) is 0 Å². The molecule has 0 atom stereocenters. The van der Waals surface area contributed by atoms with Gasteiger partial charge in [-0.1, -0.05) is 0 Å². The maximum Gasteiger partial charge on any atom is 0.230 e. The molecule has 0 aliphatic rings. The smallest absolute Gasteiger partial charge is 0.230 e. The Morgan fingerprint density at radius 2 is 2.20 bits per heavy atom. The van der Waals surface area contributed by atoms with E-state index in [4.69, 9.17) is 0 Å². The zero-order chi connectivity index (χ0) is 14.2. The van der Waals surface area contributed by atoms with Crippen LogP contribution < -0.4 is 5.32 Å². The quantitative estimate of drug-likeness (QED) is 0.631. The van der Waals surface area contributed by atoms with E-state index < -0.39 is 0 Å². The molecule has 0 bridgehead atoms. The fraction of sp³-hybridized carbons (Fsp3) is 0.357. The summed E-state index contributed by atoms with van der Waals surface area (Å²) in [5.41, 5.74) is 1.07. The minimum atomic E-state index is 0.0714. The maximum absolute atomic E-state index is 11.7. The zero-order valence-electron chi connectivity index (χ0n) is 11.3. The van der Waals surface area contributed by atoms with Gasteiger partial charge in [0, 0.05) is 41.3 Å². The number of aryl methyl sites for hydroxylation is 2. The second-order valence-corrected chi connectivity index (χ2v) is 6.30. The lowest BCUT2D eigenvalue weighted by Gasteiger charge is -2.04. The third kappa shape index (κ3) is 5.30. The summed E-state index contributed by atoms with van der Waals surface area (Å²) < 4.78 is 0. The predicted molar refractivity (Wildman–Crippen MR) is 83.1 cm³/mol. The van der Waals surface area contributed by atoms with Gasteiger partial charge < -0.3 is 5.32 Å². The van der Waals surface area contributed by atoms with Crippen molar-refractivity contribution in [3.63, 3.8) is 0 Å². The predicted octanol–water partition coefficient (Wildman–Crippen LogP) is 2.69. The molecule has 1 amide bonds. The number of amides is 1. The molecule has 2 aromatic heterocycles. The number of nitrogens with one attached hydrogen (secondary N) is 1. The summed E-state index contributed by atoms with van der Waals surface area (Å²) in [5.74, 6) is 0.516. The molecule has 6 heteroatoms. The highest BCUT2D eigenvalue weighted by molar-refractivity contribution is 8.00. The molecule has 0 fully saturated rings. The number of pyridine rings is 1. The molecule has 20 heavy (non-hydrogen) atoms. The molecule has 106 valence electrons. The summed E-state index contributed by atoms with van der Waals surface area (Å²) in [4.78, 5) is 21.1. The lowest BCUT2D eigenvalue weighted by atomic mass is 10.3. The van der Waals surface area contributed by atoms with Gasteiger partial charge in [0.05, 0.1) is 10.8 Å². The number of hydrogen-bond donors (Lipinski definition) is 1. The molecule has 2 aromatic rings. The normalized spacial score (nSPS) is 10.4. The van der Waals surface area contributed by atoms with Gasteiger partial charge in [0.25, 0.3) is 0 Å². The van der Waals surface area contributed by atoms with E-state index in [1.165, 1.54) is 11.8 Å². The molecule has 0 unspecified atom stereocenters. The average Bonchev–Trinajstić information content (AvgIpc) is 2.88. The molecular weight excluding hydrogens is 290 g/mol. The first-order chi connectivity index (χ1) is 9.74. The highest BCUT2D eigenvalue weighted by Gasteiger charge is 2.03. The van der Waals surface area contributed by atoms with E-state index >= 15 is 0 Å². The van der Waals surface area contributed by atoms with Gasteiger partial charge in [-0.2, -0.15) is 0 Å².